The summed E-state index contributed by atoms with van der Waals surface area (Å²) >= 11 is 0. The monoisotopic (exact) mass is 259 g/mol. The van der Waals surface area contributed by atoms with Crippen LogP contribution in [0.3, 0.4) is 0 Å². The molecule has 0 bridgehead atoms. The number of amides is 1. The Hall–Kier alpha value is -1.77. The van der Waals surface area contributed by atoms with Gasteiger partial charge in [-0.15, -0.1) is 0 Å². The standard InChI is InChI=1S/C16H21NO2/c1-11(2)19-16(18)17-15-7-5-4-6-14(15)13-9-8-12(3)10-13/h4-7,12-13H,1,8-10H2,2-3H3,(H,17,18). The van der Waals surface area contributed by atoms with Gasteiger partial charge in [0, 0.05) is 5.69 Å². The second-order valence-corrected chi connectivity index (χ2v) is 5.42. The van der Waals surface area contributed by atoms with Gasteiger partial charge in [0.25, 0.3) is 0 Å². The summed E-state index contributed by atoms with van der Waals surface area (Å²) in [6, 6.07) is 7.98. The maximum absolute atomic E-state index is 11.7. The minimum Gasteiger partial charge on any atom is -0.416 e. The Morgan fingerprint density at radius 2 is 2.11 bits per heavy atom. The molecule has 2 unspecified atom stereocenters. The molecule has 0 heterocycles. The number of para-hydroxylation sites is 1. The summed E-state index contributed by atoms with van der Waals surface area (Å²) in [6.07, 6.45) is 3.17. The quantitative estimate of drug-likeness (QED) is 0.801. The van der Waals surface area contributed by atoms with Gasteiger partial charge in [-0.25, -0.2) is 4.79 Å². The number of hydrogen-bond donors (Lipinski definition) is 1. The third kappa shape index (κ3) is 3.60. The fourth-order valence-electron chi connectivity index (χ4n) is 2.75. The molecule has 1 aromatic rings. The highest BCUT2D eigenvalue weighted by Gasteiger charge is 2.25. The molecule has 1 saturated carbocycles. The second kappa shape index (κ2) is 5.91. The first kappa shape index (κ1) is 13.7. The highest BCUT2D eigenvalue weighted by atomic mass is 16.6. The van der Waals surface area contributed by atoms with E-state index in [1.54, 1.807) is 6.92 Å². The summed E-state index contributed by atoms with van der Waals surface area (Å²) in [7, 11) is 0. The van der Waals surface area contributed by atoms with Crippen LogP contribution in [0.25, 0.3) is 0 Å². The zero-order valence-electron chi connectivity index (χ0n) is 11.6. The average Bonchev–Trinajstić information content (AvgIpc) is 2.75. The summed E-state index contributed by atoms with van der Waals surface area (Å²) in [5.74, 6) is 1.70. The lowest BCUT2D eigenvalue weighted by atomic mass is 9.95. The summed E-state index contributed by atoms with van der Waals surface area (Å²) in [5.41, 5.74) is 2.07. The highest BCUT2D eigenvalue weighted by molar-refractivity contribution is 5.86. The first-order chi connectivity index (χ1) is 9.06. The van der Waals surface area contributed by atoms with Crippen molar-refractivity contribution in [3.63, 3.8) is 0 Å². The zero-order chi connectivity index (χ0) is 13.8. The number of carbonyl (C=O) groups is 1. The van der Waals surface area contributed by atoms with E-state index in [0.717, 1.165) is 11.6 Å². The van der Waals surface area contributed by atoms with Crippen LogP contribution < -0.4 is 5.32 Å². The molecule has 2 rings (SSSR count). The van der Waals surface area contributed by atoms with Gasteiger partial charge in [-0.05, 0) is 43.2 Å². The Bertz CT molecular complexity index is 481. The first-order valence-corrected chi connectivity index (χ1v) is 6.79. The van der Waals surface area contributed by atoms with E-state index in [1.165, 1.54) is 24.8 Å². The minimum atomic E-state index is -0.467. The lowest BCUT2D eigenvalue weighted by molar-refractivity contribution is 0.192. The van der Waals surface area contributed by atoms with E-state index >= 15 is 0 Å². The molecule has 0 aliphatic heterocycles. The van der Waals surface area contributed by atoms with Gasteiger partial charge >= 0.3 is 6.09 Å². The SMILES string of the molecule is C=C(C)OC(=O)Nc1ccccc1C1CCC(C)C1. The van der Waals surface area contributed by atoms with Crippen molar-refractivity contribution in [2.24, 2.45) is 5.92 Å². The lowest BCUT2D eigenvalue weighted by Crippen LogP contribution is -2.14. The van der Waals surface area contributed by atoms with Crippen molar-refractivity contribution in [2.45, 2.75) is 39.0 Å². The van der Waals surface area contributed by atoms with Crippen molar-refractivity contribution in [1.82, 2.24) is 0 Å². The van der Waals surface area contributed by atoms with Crippen LogP contribution in [0.15, 0.2) is 36.6 Å². The molecule has 19 heavy (non-hydrogen) atoms. The zero-order valence-corrected chi connectivity index (χ0v) is 11.6. The van der Waals surface area contributed by atoms with Gasteiger partial charge in [0.2, 0.25) is 0 Å². The van der Waals surface area contributed by atoms with Gasteiger partial charge in [-0.1, -0.05) is 38.1 Å². The van der Waals surface area contributed by atoms with Gasteiger partial charge in [-0.2, -0.15) is 0 Å². The van der Waals surface area contributed by atoms with Crippen molar-refractivity contribution < 1.29 is 9.53 Å². The van der Waals surface area contributed by atoms with Crippen molar-refractivity contribution in [2.75, 3.05) is 5.32 Å². The van der Waals surface area contributed by atoms with E-state index in [1.807, 2.05) is 18.2 Å². The smallest absolute Gasteiger partial charge is 0.416 e. The molecule has 1 amide bonds. The minimum absolute atomic E-state index is 0.393. The molecule has 0 spiro atoms. The number of carbonyl (C=O) groups excluding carboxylic acids is 1. The predicted molar refractivity (Wildman–Crippen MR) is 77.1 cm³/mol. The molecular weight excluding hydrogens is 238 g/mol. The Morgan fingerprint density at radius 1 is 1.37 bits per heavy atom. The number of rotatable bonds is 3. The Morgan fingerprint density at radius 3 is 2.74 bits per heavy atom. The van der Waals surface area contributed by atoms with E-state index in [-0.39, 0.29) is 0 Å². The summed E-state index contributed by atoms with van der Waals surface area (Å²) in [4.78, 5) is 11.7. The van der Waals surface area contributed by atoms with Crippen molar-refractivity contribution in [3.8, 4) is 0 Å². The lowest BCUT2D eigenvalue weighted by Gasteiger charge is -2.16. The number of ether oxygens (including phenoxy) is 1. The van der Waals surface area contributed by atoms with E-state index in [9.17, 15) is 4.79 Å². The van der Waals surface area contributed by atoms with Crippen LogP contribution in [0.2, 0.25) is 0 Å². The molecule has 1 N–H and O–H groups in total. The highest BCUT2D eigenvalue weighted by Crippen LogP contribution is 2.40. The first-order valence-electron chi connectivity index (χ1n) is 6.79. The second-order valence-electron chi connectivity index (χ2n) is 5.42. The molecule has 3 nitrogen and oxygen atoms in total. The molecule has 1 aliphatic carbocycles. The van der Waals surface area contributed by atoms with Crippen LogP contribution in [0.5, 0.6) is 0 Å². The molecule has 2 atom stereocenters. The molecule has 1 aromatic carbocycles. The van der Waals surface area contributed by atoms with E-state index < -0.39 is 6.09 Å². The van der Waals surface area contributed by atoms with Gasteiger partial charge in [-0.3, -0.25) is 5.32 Å². The predicted octanol–water partition coefficient (Wildman–Crippen LogP) is 4.67. The van der Waals surface area contributed by atoms with Gasteiger partial charge < -0.3 is 4.74 Å². The van der Waals surface area contributed by atoms with Crippen LogP contribution in [0.1, 0.15) is 44.6 Å². The van der Waals surface area contributed by atoms with Gasteiger partial charge in [0.05, 0.1) is 5.76 Å². The topological polar surface area (TPSA) is 38.3 Å². The molecule has 3 heteroatoms. The van der Waals surface area contributed by atoms with E-state index in [4.69, 9.17) is 4.74 Å². The fourth-order valence-corrected chi connectivity index (χ4v) is 2.75. The van der Waals surface area contributed by atoms with Crippen LogP contribution in [0.4, 0.5) is 10.5 Å². The van der Waals surface area contributed by atoms with E-state index in [0.29, 0.717) is 11.7 Å². The molecule has 1 fully saturated rings. The van der Waals surface area contributed by atoms with Crippen LogP contribution in [-0.2, 0) is 4.74 Å². The number of benzene rings is 1. The number of allylic oxidation sites excluding steroid dienone is 1. The summed E-state index contributed by atoms with van der Waals surface area (Å²) < 4.78 is 4.95. The average molecular weight is 259 g/mol. The van der Waals surface area contributed by atoms with Gasteiger partial charge in [0.15, 0.2) is 0 Å². The largest absolute Gasteiger partial charge is 0.416 e. The normalized spacial score (nSPS) is 22.0. The maximum Gasteiger partial charge on any atom is 0.416 e. The van der Waals surface area contributed by atoms with E-state index in [2.05, 4.69) is 24.9 Å². The number of hydrogen-bond acceptors (Lipinski definition) is 2. The van der Waals surface area contributed by atoms with Crippen molar-refractivity contribution in [3.05, 3.63) is 42.2 Å². The molecule has 0 aromatic heterocycles. The van der Waals surface area contributed by atoms with Crippen LogP contribution in [0, 0.1) is 5.92 Å². The number of anilines is 1. The van der Waals surface area contributed by atoms with Crippen molar-refractivity contribution >= 4 is 11.8 Å². The fraction of sp³-hybridized carbons (Fsp3) is 0.438. The summed E-state index contributed by atoms with van der Waals surface area (Å²) in [5, 5.41) is 2.81. The third-order valence-corrected chi connectivity index (χ3v) is 3.60. The molecule has 102 valence electrons. The van der Waals surface area contributed by atoms with Crippen LogP contribution in [-0.4, -0.2) is 6.09 Å². The van der Waals surface area contributed by atoms with Crippen molar-refractivity contribution in [1.29, 1.82) is 0 Å². The molecule has 0 radical (unpaired) electrons. The Kier molecular flexibility index (Phi) is 4.25. The molecular formula is C16H21NO2. The Balaban J connectivity index is 2.12. The van der Waals surface area contributed by atoms with Gasteiger partial charge in [0.1, 0.15) is 0 Å². The number of nitrogens with one attached hydrogen (secondary N) is 1. The summed E-state index contributed by atoms with van der Waals surface area (Å²) in [6.45, 7) is 7.50. The van der Waals surface area contributed by atoms with Crippen LogP contribution >= 0.6 is 0 Å². The third-order valence-electron chi connectivity index (χ3n) is 3.60. The Labute approximate surface area is 114 Å². The molecule has 0 saturated heterocycles. The maximum atomic E-state index is 11.7. The molecule has 1 aliphatic rings.